The van der Waals surface area contributed by atoms with E-state index in [1.165, 1.54) is 24.3 Å². The van der Waals surface area contributed by atoms with Gasteiger partial charge in [0.05, 0.1) is 11.5 Å². The highest BCUT2D eigenvalue weighted by atomic mass is 19.4. The van der Waals surface area contributed by atoms with Gasteiger partial charge < -0.3 is 14.8 Å². The van der Waals surface area contributed by atoms with E-state index in [-0.39, 0.29) is 24.6 Å². The Morgan fingerprint density at radius 3 is 2.64 bits per heavy atom. The van der Waals surface area contributed by atoms with Crippen LogP contribution in [0.5, 0.6) is 5.75 Å². The van der Waals surface area contributed by atoms with Gasteiger partial charge in [-0.15, -0.1) is 0 Å². The maximum absolute atomic E-state index is 11.8. The Labute approximate surface area is 123 Å². The average molecular weight is 322 g/mol. The summed E-state index contributed by atoms with van der Waals surface area (Å²) in [6.07, 6.45) is -4.42. The minimum Gasteiger partial charge on any atom is -0.477 e. The molecule has 0 bridgehead atoms. The molecule has 0 aliphatic heterocycles. The summed E-state index contributed by atoms with van der Waals surface area (Å²) >= 11 is 0. The van der Waals surface area contributed by atoms with Crippen LogP contribution in [0.1, 0.15) is 0 Å². The molecule has 0 saturated heterocycles. The second-order valence-electron chi connectivity index (χ2n) is 4.03. The smallest absolute Gasteiger partial charge is 0.411 e. The lowest BCUT2D eigenvalue weighted by atomic mass is 10.3. The van der Waals surface area contributed by atoms with Crippen molar-refractivity contribution in [3.8, 4) is 5.75 Å². The van der Waals surface area contributed by atoms with Gasteiger partial charge in [-0.1, -0.05) is 12.1 Å². The van der Waals surface area contributed by atoms with Crippen LogP contribution in [-0.2, 0) is 9.53 Å². The fourth-order valence-corrected chi connectivity index (χ4v) is 1.37. The Kier molecular flexibility index (Phi) is 6.57. The number of para-hydroxylation sites is 2. The Hall–Kier alpha value is -2.36. The molecule has 7 nitrogen and oxygen atoms in total. The highest BCUT2D eigenvalue weighted by molar-refractivity contribution is 5.77. The van der Waals surface area contributed by atoms with Crippen molar-refractivity contribution in [3.63, 3.8) is 0 Å². The van der Waals surface area contributed by atoms with Crippen LogP contribution in [0, 0.1) is 10.1 Å². The van der Waals surface area contributed by atoms with Gasteiger partial charge in [0, 0.05) is 12.6 Å². The monoisotopic (exact) mass is 322 g/mol. The molecule has 122 valence electrons. The number of nitro groups is 1. The fraction of sp³-hybridized carbons (Fsp3) is 0.417. The van der Waals surface area contributed by atoms with Crippen LogP contribution in [-0.4, -0.2) is 43.4 Å². The summed E-state index contributed by atoms with van der Waals surface area (Å²) in [5.41, 5.74) is -0.288. The van der Waals surface area contributed by atoms with Crippen molar-refractivity contribution in [1.82, 2.24) is 5.32 Å². The van der Waals surface area contributed by atoms with Crippen LogP contribution in [0.15, 0.2) is 24.3 Å². The first-order chi connectivity index (χ1) is 10.3. The third kappa shape index (κ3) is 6.88. The second-order valence-corrected chi connectivity index (χ2v) is 4.03. The van der Waals surface area contributed by atoms with Crippen LogP contribution in [0.25, 0.3) is 0 Å². The molecule has 10 heteroatoms. The van der Waals surface area contributed by atoms with Crippen molar-refractivity contribution >= 4 is 11.6 Å². The van der Waals surface area contributed by atoms with Gasteiger partial charge in [-0.05, 0) is 6.07 Å². The number of halogens is 3. The van der Waals surface area contributed by atoms with E-state index in [2.05, 4.69) is 10.1 Å². The molecule has 0 aliphatic rings. The average Bonchev–Trinajstić information content (AvgIpc) is 2.43. The van der Waals surface area contributed by atoms with Gasteiger partial charge in [-0.3, -0.25) is 14.9 Å². The quantitative estimate of drug-likeness (QED) is 0.446. The molecular formula is C12H13F3N2O5. The van der Waals surface area contributed by atoms with Crippen molar-refractivity contribution in [2.24, 2.45) is 0 Å². The van der Waals surface area contributed by atoms with E-state index in [4.69, 9.17) is 4.74 Å². The molecule has 1 N–H and O–H groups in total. The summed E-state index contributed by atoms with van der Waals surface area (Å²) in [6.45, 7) is -2.33. The van der Waals surface area contributed by atoms with Crippen molar-refractivity contribution in [1.29, 1.82) is 0 Å². The molecule has 0 spiro atoms. The molecule has 0 unspecified atom stereocenters. The van der Waals surface area contributed by atoms with E-state index in [1.807, 2.05) is 0 Å². The van der Waals surface area contributed by atoms with Gasteiger partial charge in [-0.25, -0.2) is 0 Å². The van der Waals surface area contributed by atoms with E-state index in [1.54, 1.807) is 0 Å². The van der Waals surface area contributed by atoms with E-state index < -0.39 is 30.2 Å². The van der Waals surface area contributed by atoms with Gasteiger partial charge in [-0.2, -0.15) is 13.2 Å². The largest absolute Gasteiger partial charge is 0.477 e. The lowest BCUT2D eigenvalue weighted by Crippen LogP contribution is -2.32. The third-order valence-electron chi connectivity index (χ3n) is 2.26. The predicted octanol–water partition coefficient (Wildman–Crippen LogP) is 1.67. The van der Waals surface area contributed by atoms with Gasteiger partial charge >= 0.3 is 11.9 Å². The van der Waals surface area contributed by atoms with Gasteiger partial charge in [0.15, 0.2) is 12.4 Å². The molecule has 22 heavy (non-hydrogen) atoms. The summed E-state index contributed by atoms with van der Waals surface area (Å²) in [4.78, 5) is 21.4. The van der Waals surface area contributed by atoms with Crippen LogP contribution in [0.3, 0.4) is 0 Å². The van der Waals surface area contributed by atoms with Crippen LogP contribution in [0.2, 0.25) is 0 Å². The molecule has 1 rings (SSSR count). The third-order valence-corrected chi connectivity index (χ3v) is 2.26. The molecule has 0 fully saturated rings. The molecule has 0 heterocycles. The topological polar surface area (TPSA) is 90.7 Å². The SMILES string of the molecule is O=C(COc1ccccc1[N+](=O)[O-])NCCOCC(F)(F)F. The van der Waals surface area contributed by atoms with Crippen LogP contribution in [0.4, 0.5) is 18.9 Å². The first-order valence-corrected chi connectivity index (χ1v) is 6.07. The van der Waals surface area contributed by atoms with E-state index in [0.717, 1.165) is 0 Å². The number of benzene rings is 1. The number of hydrogen-bond donors (Lipinski definition) is 1. The highest BCUT2D eigenvalue weighted by Gasteiger charge is 2.27. The number of hydrogen-bond acceptors (Lipinski definition) is 5. The Balaban J connectivity index is 2.28. The highest BCUT2D eigenvalue weighted by Crippen LogP contribution is 2.25. The van der Waals surface area contributed by atoms with Crippen molar-refractivity contribution < 1.29 is 32.4 Å². The lowest BCUT2D eigenvalue weighted by Gasteiger charge is -2.09. The maximum atomic E-state index is 11.8. The zero-order chi connectivity index (χ0) is 16.6. The Morgan fingerprint density at radius 2 is 2.00 bits per heavy atom. The molecule has 0 radical (unpaired) electrons. The molecular weight excluding hydrogens is 309 g/mol. The molecule has 0 atom stereocenters. The maximum Gasteiger partial charge on any atom is 0.411 e. The van der Waals surface area contributed by atoms with Crippen molar-refractivity contribution in [3.05, 3.63) is 34.4 Å². The van der Waals surface area contributed by atoms with E-state index in [0.29, 0.717) is 0 Å². The minimum absolute atomic E-state index is 0.0732. The number of rotatable bonds is 8. The number of amides is 1. The Morgan fingerprint density at radius 1 is 1.32 bits per heavy atom. The fourth-order valence-electron chi connectivity index (χ4n) is 1.37. The number of nitrogens with zero attached hydrogens (tertiary/aromatic N) is 1. The number of carbonyl (C=O) groups is 1. The number of alkyl halides is 3. The summed E-state index contributed by atoms with van der Waals surface area (Å²) in [5.74, 6) is -0.704. The predicted molar refractivity (Wildman–Crippen MR) is 68.5 cm³/mol. The van der Waals surface area contributed by atoms with E-state index in [9.17, 15) is 28.1 Å². The van der Waals surface area contributed by atoms with Crippen molar-refractivity contribution in [2.45, 2.75) is 6.18 Å². The van der Waals surface area contributed by atoms with Crippen LogP contribution < -0.4 is 10.1 Å². The molecule has 1 aromatic rings. The summed E-state index contributed by atoms with van der Waals surface area (Å²) in [7, 11) is 0. The zero-order valence-corrected chi connectivity index (χ0v) is 11.3. The summed E-state index contributed by atoms with van der Waals surface area (Å²) in [6, 6.07) is 5.50. The van der Waals surface area contributed by atoms with Crippen molar-refractivity contribution in [2.75, 3.05) is 26.4 Å². The van der Waals surface area contributed by atoms with Gasteiger partial charge in [0.2, 0.25) is 0 Å². The van der Waals surface area contributed by atoms with Gasteiger partial charge in [0.1, 0.15) is 6.61 Å². The first kappa shape index (κ1) is 17.7. The first-order valence-electron chi connectivity index (χ1n) is 6.07. The number of carbonyl (C=O) groups excluding carboxylic acids is 1. The van der Waals surface area contributed by atoms with Crippen LogP contribution >= 0.6 is 0 Å². The van der Waals surface area contributed by atoms with Gasteiger partial charge in [0.25, 0.3) is 5.91 Å². The summed E-state index contributed by atoms with van der Waals surface area (Å²) in [5, 5.41) is 13.0. The molecule has 1 aromatic carbocycles. The molecule has 1 amide bonds. The second kappa shape index (κ2) is 8.17. The van der Waals surface area contributed by atoms with E-state index >= 15 is 0 Å². The molecule has 0 aliphatic carbocycles. The summed E-state index contributed by atoms with van der Waals surface area (Å²) < 4.78 is 44.6. The minimum atomic E-state index is -4.42. The number of nitrogens with one attached hydrogen (secondary N) is 1. The number of nitro benzene ring substituents is 1. The zero-order valence-electron chi connectivity index (χ0n) is 11.3. The lowest BCUT2D eigenvalue weighted by molar-refractivity contribution is -0.385. The standard InChI is InChI=1S/C12H13F3N2O5/c13-12(14,15)8-21-6-5-16-11(18)7-22-10-4-2-1-3-9(10)17(19)20/h1-4H,5-8H2,(H,16,18). The number of ether oxygens (including phenoxy) is 2. The Bertz CT molecular complexity index is 522. The molecule has 0 saturated carbocycles. The molecule has 0 aromatic heterocycles. The normalized spacial score (nSPS) is 11.0.